The lowest BCUT2D eigenvalue weighted by atomic mass is 10.0. The molecule has 1 fully saturated rings. The minimum atomic E-state index is -0.347. The van der Waals surface area contributed by atoms with Gasteiger partial charge >= 0.3 is 6.03 Å². The third-order valence-corrected chi connectivity index (χ3v) is 5.74. The Hall–Kier alpha value is -2.64. The van der Waals surface area contributed by atoms with Crippen LogP contribution in [0.3, 0.4) is 0 Å². The fourth-order valence-corrected chi connectivity index (χ4v) is 3.92. The summed E-state index contributed by atoms with van der Waals surface area (Å²) in [6.07, 6.45) is 1.85. The van der Waals surface area contributed by atoms with E-state index in [9.17, 15) is 14.0 Å². The first-order chi connectivity index (χ1) is 14.8. The van der Waals surface area contributed by atoms with Crippen molar-refractivity contribution >= 4 is 29.2 Å². The van der Waals surface area contributed by atoms with Crippen molar-refractivity contribution in [1.29, 1.82) is 0 Å². The van der Waals surface area contributed by atoms with Gasteiger partial charge in [-0.1, -0.05) is 29.8 Å². The molecule has 1 heterocycles. The molecule has 0 aliphatic carbocycles. The fraction of sp³-hybridized carbons (Fsp3) is 0.391. The highest BCUT2D eigenvalue weighted by Crippen LogP contribution is 2.21. The number of hydrogen-bond acceptors (Lipinski definition) is 3. The van der Waals surface area contributed by atoms with Crippen molar-refractivity contribution in [2.75, 3.05) is 25.5 Å². The van der Waals surface area contributed by atoms with E-state index in [1.54, 1.807) is 18.0 Å². The van der Waals surface area contributed by atoms with Gasteiger partial charge in [-0.05, 0) is 54.8 Å². The summed E-state index contributed by atoms with van der Waals surface area (Å²) in [7, 11) is 1.74. The number of piperidine rings is 1. The number of benzene rings is 2. The lowest BCUT2D eigenvalue weighted by molar-refractivity contribution is -0.128. The first kappa shape index (κ1) is 23.0. The molecule has 3 rings (SSSR count). The van der Waals surface area contributed by atoms with Gasteiger partial charge in [0.1, 0.15) is 5.82 Å². The van der Waals surface area contributed by atoms with E-state index in [-0.39, 0.29) is 23.8 Å². The van der Waals surface area contributed by atoms with Crippen LogP contribution in [0.1, 0.15) is 30.9 Å². The minimum Gasteiger partial charge on any atom is -0.342 e. The van der Waals surface area contributed by atoms with Gasteiger partial charge in [0.15, 0.2) is 0 Å². The van der Waals surface area contributed by atoms with Gasteiger partial charge in [-0.25, -0.2) is 9.18 Å². The number of carbonyl (C=O) groups excluding carboxylic acids is 2. The monoisotopic (exact) mass is 446 g/mol. The molecule has 166 valence electrons. The number of nitrogens with zero attached hydrogens (tertiary/aromatic N) is 2. The number of carbonyl (C=O) groups is 2. The molecule has 0 radical (unpaired) electrons. The van der Waals surface area contributed by atoms with Crippen LogP contribution in [0.5, 0.6) is 0 Å². The topological polar surface area (TPSA) is 64.7 Å². The number of likely N-dealkylation sites (tertiary alicyclic amines) is 1. The first-order valence-electron chi connectivity index (χ1n) is 10.3. The second-order valence-electron chi connectivity index (χ2n) is 7.98. The van der Waals surface area contributed by atoms with Crippen LogP contribution in [-0.2, 0) is 17.9 Å². The maximum absolute atomic E-state index is 13.3. The van der Waals surface area contributed by atoms with Gasteiger partial charge in [0.25, 0.3) is 0 Å². The average Bonchev–Trinajstić information content (AvgIpc) is 2.70. The van der Waals surface area contributed by atoms with Gasteiger partial charge < -0.3 is 15.5 Å². The third kappa shape index (κ3) is 6.94. The molecule has 0 bridgehead atoms. The molecule has 0 saturated carbocycles. The number of hydrogen-bond donors (Lipinski definition) is 2. The molecule has 6 nitrogen and oxygen atoms in total. The lowest BCUT2D eigenvalue weighted by Gasteiger charge is -2.33. The molecule has 1 aliphatic heterocycles. The van der Waals surface area contributed by atoms with Crippen molar-refractivity contribution in [1.82, 2.24) is 15.1 Å². The Morgan fingerprint density at radius 1 is 1.26 bits per heavy atom. The van der Waals surface area contributed by atoms with Gasteiger partial charge in [0.2, 0.25) is 5.91 Å². The Bertz CT molecular complexity index is 940. The quantitative estimate of drug-likeness (QED) is 0.697. The van der Waals surface area contributed by atoms with E-state index in [2.05, 4.69) is 15.5 Å². The highest BCUT2D eigenvalue weighted by Gasteiger charge is 2.22. The Kier molecular flexibility index (Phi) is 7.87. The molecule has 0 spiro atoms. The summed E-state index contributed by atoms with van der Waals surface area (Å²) in [6, 6.07) is 11.7. The number of amides is 3. The Morgan fingerprint density at radius 3 is 2.81 bits per heavy atom. The number of urea groups is 1. The van der Waals surface area contributed by atoms with Crippen LogP contribution in [-0.4, -0.2) is 47.9 Å². The Labute approximate surface area is 187 Å². The Morgan fingerprint density at radius 2 is 2.06 bits per heavy atom. The normalized spacial score (nSPS) is 16.6. The van der Waals surface area contributed by atoms with Gasteiger partial charge in [0, 0.05) is 50.4 Å². The summed E-state index contributed by atoms with van der Waals surface area (Å²) >= 11 is 6.15. The van der Waals surface area contributed by atoms with E-state index in [1.165, 1.54) is 19.1 Å². The van der Waals surface area contributed by atoms with E-state index in [4.69, 9.17) is 11.6 Å². The van der Waals surface area contributed by atoms with Crippen LogP contribution in [0.15, 0.2) is 42.5 Å². The van der Waals surface area contributed by atoms with Crippen LogP contribution < -0.4 is 10.6 Å². The molecule has 8 heteroatoms. The summed E-state index contributed by atoms with van der Waals surface area (Å²) in [4.78, 5) is 27.8. The van der Waals surface area contributed by atoms with Gasteiger partial charge in [-0.3, -0.25) is 9.69 Å². The molecule has 1 atom stereocenters. The second-order valence-corrected chi connectivity index (χ2v) is 8.39. The standard InChI is InChI=1S/C23H28ClFN4O2/c1-16(30)28(2)13-17-5-3-6-20(11-17)26-23(31)27-21-7-4-10-29(15-21)14-18-8-9-19(25)12-22(18)24/h3,5-6,8-9,11-12,21H,4,7,10,13-15H2,1-2H3,(H2,26,27,31). The summed E-state index contributed by atoms with van der Waals surface area (Å²) in [5, 5.41) is 6.33. The van der Waals surface area contributed by atoms with Crippen LogP contribution in [0.25, 0.3) is 0 Å². The zero-order chi connectivity index (χ0) is 22.4. The number of anilines is 1. The third-order valence-electron chi connectivity index (χ3n) is 5.39. The zero-order valence-electron chi connectivity index (χ0n) is 17.8. The number of nitrogens with one attached hydrogen (secondary N) is 2. The van der Waals surface area contributed by atoms with E-state index in [0.717, 1.165) is 30.5 Å². The van der Waals surface area contributed by atoms with Crippen molar-refractivity contribution in [3.63, 3.8) is 0 Å². The summed E-state index contributed by atoms with van der Waals surface area (Å²) in [6.45, 7) is 4.22. The van der Waals surface area contributed by atoms with Crippen molar-refractivity contribution in [3.8, 4) is 0 Å². The minimum absolute atomic E-state index is 0.0139. The van der Waals surface area contributed by atoms with Crippen LogP contribution in [0, 0.1) is 5.82 Å². The Balaban J connectivity index is 1.52. The van der Waals surface area contributed by atoms with E-state index in [1.807, 2.05) is 24.3 Å². The molecule has 2 aromatic carbocycles. The fourth-order valence-electron chi connectivity index (χ4n) is 3.69. The predicted octanol–water partition coefficient (Wildman–Crippen LogP) is 4.24. The van der Waals surface area contributed by atoms with E-state index >= 15 is 0 Å². The summed E-state index contributed by atoms with van der Waals surface area (Å²) < 4.78 is 13.3. The molecule has 31 heavy (non-hydrogen) atoms. The van der Waals surface area contributed by atoms with Crippen molar-refractivity contribution in [2.45, 2.75) is 38.9 Å². The van der Waals surface area contributed by atoms with Gasteiger partial charge in [-0.2, -0.15) is 0 Å². The molecule has 0 aromatic heterocycles. The smallest absolute Gasteiger partial charge is 0.319 e. The number of halogens is 2. The van der Waals surface area contributed by atoms with Gasteiger partial charge in [-0.15, -0.1) is 0 Å². The molecular formula is C23H28ClFN4O2. The second kappa shape index (κ2) is 10.6. The SMILES string of the molecule is CC(=O)N(C)Cc1cccc(NC(=O)NC2CCCN(Cc3ccc(F)cc3Cl)C2)c1. The van der Waals surface area contributed by atoms with E-state index in [0.29, 0.717) is 30.3 Å². The van der Waals surface area contributed by atoms with Crippen molar-refractivity contribution in [2.24, 2.45) is 0 Å². The average molecular weight is 447 g/mol. The molecular weight excluding hydrogens is 419 g/mol. The van der Waals surface area contributed by atoms with Crippen molar-refractivity contribution < 1.29 is 14.0 Å². The molecule has 3 amide bonds. The molecule has 2 N–H and O–H groups in total. The summed E-state index contributed by atoms with van der Waals surface area (Å²) in [5.41, 5.74) is 2.49. The van der Waals surface area contributed by atoms with Crippen LogP contribution in [0.4, 0.5) is 14.9 Å². The maximum atomic E-state index is 13.3. The molecule has 1 saturated heterocycles. The maximum Gasteiger partial charge on any atom is 0.319 e. The largest absolute Gasteiger partial charge is 0.342 e. The highest BCUT2D eigenvalue weighted by atomic mass is 35.5. The lowest BCUT2D eigenvalue weighted by Crippen LogP contribution is -2.48. The molecule has 2 aromatic rings. The number of rotatable bonds is 6. The first-order valence-corrected chi connectivity index (χ1v) is 10.7. The molecule has 1 aliphatic rings. The highest BCUT2D eigenvalue weighted by molar-refractivity contribution is 6.31. The van der Waals surface area contributed by atoms with Crippen LogP contribution >= 0.6 is 11.6 Å². The van der Waals surface area contributed by atoms with Gasteiger partial charge in [0.05, 0.1) is 0 Å². The summed E-state index contributed by atoms with van der Waals surface area (Å²) in [5.74, 6) is -0.361. The zero-order valence-corrected chi connectivity index (χ0v) is 18.6. The van der Waals surface area contributed by atoms with Crippen LogP contribution in [0.2, 0.25) is 5.02 Å². The van der Waals surface area contributed by atoms with E-state index < -0.39 is 0 Å². The predicted molar refractivity (Wildman–Crippen MR) is 120 cm³/mol. The molecule has 1 unspecified atom stereocenters. The van der Waals surface area contributed by atoms with Crippen molar-refractivity contribution in [3.05, 3.63) is 64.4 Å².